The van der Waals surface area contributed by atoms with Crippen LogP contribution in [0.5, 0.6) is 5.75 Å². The van der Waals surface area contributed by atoms with Crippen LogP contribution in [-0.2, 0) is 17.8 Å². The fourth-order valence-corrected chi connectivity index (χ4v) is 4.04. The van der Waals surface area contributed by atoms with Crippen molar-refractivity contribution in [2.75, 3.05) is 26.2 Å². The van der Waals surface area contributed by atoms with Gasteiger partial charge in [0.1, 0.15) is 11.4 Å². The third-order valence-corrected chi connectivity index (χ3v) is 5.53. The summed E-state index contributed by atoms with van der Waals surface area (Å²) in [5, 5.41) is 4.67. The van der Waals surface area contributed by atoms with E-state index in [4.69, 9.17) is 9.47 Å². The molecule has 1 aromatic heterocycles. The number of piperidine rings is 1. The average Bonchev–Trinajstić information content (AvgIpc) is 3.03. The monoisotopic (exact) mass is 385 g/mol. The Morgan fingerprint density at radius 3 is 2.71 bits per heavy atom. The molecule has 3 heterocycles. The van der Waals surface area contributed by atoms with Crippen molar-refractivity contribution in [1.82, 2.24) is 14.8 Å². The van der Waals surface area contributed by atoms with Gasteiger partial charge in [0.15, 0.2) is 0 Å². The van der Waals surface area contributed by atoms with E-state index in [1.165, 1.54) is 16.6 Å². The number of carbonyl (C=O) groups is 1. The second kappa shape index (κ2) is 7.66. The molecule has 0 radical (unpaired) electrons. The third-order valence-electron chi connectivity index (χ3n) is 5.53. The molecule has 1 N–H and O–H groups in total. The van der Waals surface area contributed by atoms with Crippen LogP contribution in [0.15, 0.2) is 24.3 Å². The Labute approximate surface area is 166 Å². The molecule has 0 unspecified atom stereocenters. The highest BCUT2D eigenvalue weighted by Gasteiger charge is 2.27. The van der Waals surface area contributed by atoms with Gasteiger partial charge in [0, 0.05) is 49.3 Å². The molecule has 0 spiro atoms. The summed E-state index contributed by atoms with van der Waals surface area (Å²) in [6.45, 7) is 10.9. The van der Waals surface area contributed by atoms with E-state index in [0.29, 0.717) is 12.5 Å². The maximum Gasteiger partial charge on any atom is 0.410 e. The number of amides is 1. The molecule has 0 saturated carbocycles. The number of hydrogen-bond donors (Lipinski definition) is 1. The molecule has 1 amide bonds. The molecule has 4 rings (SSSR count). The second-order valence-corrected chi connectivity index (χ2v) is 8.91. The molecular formula is C22H31N3O3. The molecule has 0 bridgehead atoms. The molecule has 1 aromatic carbocycles. The van der Waals surface area contributed by atoms with E-state index in [-0.39, 0.29) is 6.09 Å². The Kier molecular flexibility index (Phi) is 5.23. The minimum absolute atomic E-state index is 0.204. The topological polar surface area (TPSA) is 55.7 Å². The average molecular weight is 386 g/mol. The molecule has 2 aliphatic heterocycles. The molecule has 2 aliphatic rings. The molecule has 2 aromatic rings. The lowest BCUT2D eigenvalue weighted by Crippen LogP contribution is -2.42. The van der Waals surface area contributed by atoms with Crippen LogP contribution in [0.25, 0.3) is 10.9 Å². The van der Waals surface area contributed by atoms with E-state index in [0.717, 1.165) is 51.3 Å². The predicted octanol–water partition coefficient (Wildman–Crippen LogP) is 3.77. The van der Waals surface area contributed by atoms with Crippen molar-refractivity contribution in [1.29, 1.82) is 0 Å². The van der Waals surface area contributed by atoms with Gasteiger partial charge in [-0.15, -0.1) is 0 Å². The SMILES string of the molecule is CC(C)(C)OC(=O)N1CCC(COc2ccc3c(c2)cc2n3CCNC2)CC1. The van der Waals surface area contributed by atoms with E-state index < -0.39 is 5.60 Å². The van der Waals surface area contributed by atoms with Gasteiger partial charge in [-0.3, -0.25) is 0 Å². The van der Waals surface area contributed by atoms with Crippen molar-refractivity contribution in [3.63, 3.8) is 0 Å². The summed E-state index contributed by atoms with van der Waals surface area (Å²) >= 11 is 0. The van der Waals surface area contributed by atoms with Gasteiger partial charge in [-0.05, 0) is 63.8 Å². The minimum atomic E-state index is -0.440. The van der Waals surface area contributed by atoms with Gasteiger partial charge in [0.25, 0.3) is 0 Å². The predicted molar refractivity (Wildman–Crippen MR) is 110 cm³/mol. The van der Waals surface area contributed by atoms with Crippen molar-refractivity contribution >= 4 is 17.0 Å². The van der Waals surface area contributed by atoms with E-state index in [1.807, 2.05) is 25.7 Å². The smallest absolute Gasteiger partial charge is 0.410 e. The quantitative estimate of drug-likeness (QED) is 0.874. The summed E-state index contributed by atoms with van der Waals surface area (Å²) in [6, 6.07) is 8.65. The number of benzene rings is 1. The first kappa shape index (κ1) is 19.1. The Hall–Kier alpha value is -2.21. The molecular weight excluding hydrogens is 354 g/mol. The lowest BCUT2D eigenvalue weighted by Gasteiger charge is -2.33. The Balaban J connectivity index is 1.30. The van der Waals surface area contributed by atoms with Crippen LogP contribution in [-0.4, -0.2) is 47.4 Å². The Morgan fingerprint density at radius 1 is 1.18 bits per heavy atom. The fraction of sp³-hybridized carbons (Fsp3) is 0.591. The van der Waals surface area contributed by atoms with Crippen molar-refractivity contribution in [3.8, 4) is 5.75 Å². The first-order valence-corrected chi connectivity index (χ1v) is 10.3. The summed E-state index contributed by atoms with van der Waals surface area (Å²) in [4.78, 5) is 14.0. The van der Waals surface area contributed by atoms with Crippen molar-refractivity contribution < 1.29 is 14.3 Å². The number of carbonyl (C=O) groups excluding carboxylic acids is 1. The number of rotatable bonds is 3. The van der Waals surface area contributed by atoms with Gasteiger partial charge >= 0.3 is 6.09 Å². The normalized spacial score (nSPS) is 18.2. The maximum absolute atomic E-state index is 12.2. The molecule has 1 fully saturated rings. The molecule has 0 aliphatic carbocycles. The van der Waals surface area contributed by atoms with Crippen LogP contribution < -0.4 is 10.1 Å². The highest BCUT2D eigenvalue weighted by atomic mass is 16.6. The molecule has 0 atom stereocenters. The summed E-state index contributed by atoms with van der Waals surface area (Å²) in [5.41, 5.74) is 2.19. The standard InChI is InChI=1S/C22H31N3O3/c1-22(2,3)28-21(26)24-9-6-16(7-10-24)15-27-19-4-5-20-17(13-19)12-18-14-23-8-11-25(18)20/h4-5,12-13,16,23H,6-11,14-15H2,1-3H3. The largest absolute Gasteiger partial charge is 0.493 e. The van der Waals surface area contributed by atoms with Crippen molar-refractivity contribution in [2.24, 2.45) is 5.92 Å². The first-order chi connectivity index (χ1) is 13.4. The van der Waals surface area contributed by atoms with Gasteiger partial charge in [-0.1, -0.05) is 0 Å². The van der Waals surface area contributed by atoms with Gasteiger partial charge in [0.05, 0.1) is 6.61 Å². The number of ether oxygens (including phenoxy) is 2. The maximum atomic E-state index is 12.2. The molecule has 1 saturated heterocycles. The van der Waals surface area contributed by atoms with Gasteiger partial charge in [-0.25, -0.2) is 4.79 Å². The third kappa shape index (κ3) is 4.27. The van der Waals surface area contributed by atoms with Crippen LogP contribution in [0.4, 0.5) is 4.79 Å². The first-order valence-electron chi connectivity index (χ1n) is 10.3. The fourth-order valence-electron chi connectivity index (χ4n) is 4.04. The number of aromatic nitrogens is 1. The van der Waals surface area contributed by atoms with E-state index in [2.05, 4.69) is 34.1 Å². The number of nitrogens with one attached hydrogen (secondary N) is 1. The molecule has 152 valence electrons. The number of hydrogen-bond acceptors (Lipinski definition) is 4. The molecule has 28 heavy (non-hydrogen) atoms. The highest BCUT2D eigenvalue weighted by molar-refractivity contribution is 5.83. The molecule has 6 heteroatoms. The lowest BCUT2D eigenvalue weighted by molar-refractivity contribution is 0.0165. The van der Waals surface area contributed by atoms with E-state index >= 15 is 0 Å². The van der Waals surface area contributed by atoms with Gasteiger partial charge in [0.2, 0.25) is 0 Å². The van der Waals surface area contributed by atoms with Gasteiger partial charge < -0.3 is 24.3 Å². The van der Waals surface area contributed by atoms with Gasteiger partial charge in [-0.2, -0.15) is 0 Å². The Morgan fingerprint density at radius 2 is 1.96 bits per heavy atom. The summed E-state index contributed by atoms with van der Waals surface area (Å²) in [5.74, 6) is 1.40. The van der Waals surface area contributed by atoms with E-state index in [9.17, 15) is 4.79 Å². The summed E-state index contributed by atoms with van der Waals surface area (Å²) in [7, 11) is 0. The molecule has 6 nitrogen and oxygen atoms in total. The van der Waals surface area contributed by atoms with Crippen molar-refractivity contribution in [3.05, 3.63) is 30.0 Å². The highest BCUT2D eigenvalue weighted by Crippen LogP contribution is 2.27. The van der Waals surface area contributed by atoms with E-state index in [1.54, 1.807) is 0 Å². The summed E-state index contributed by atoms with van der Waals surface area (Å²) in [6.07, 6.45) is 1.70. The zero-order chi connectivity index (χ0) is 19.7. The minimum Gasteiger partial charge on any atom is -0.493 e. The summed E-state index contributed by atoms with van der Waals surface area (Å²) < 4.78 is 14.0. The second-order valence-electron chi connectivity index (χ2n) is 8.91. The zero-order valence-electron chi connectivity index (χ0n) is 17.2. The van der Waals surface area contributed by atoms with Crippen LogP contribution in [0.2, 0.25) is 0 Å². The van der Waals surface area contributed by atoms with Crippen molar-refractivity contribution in [2.45, 2.75) is 52.3 Å². The lowest BCUT2D eigenvalue weighted by atomic mass is 9.98. The number of fused-ring (bicyclic) bond motifs is 3. The number of nitrogens with zero attached hydrogens (tertiary/aromatic N) is 2. The zero-order valence-corrected chi connectivity index (χ0v) is 17.2. The number of likely N-dealkylation sites (tertiary alicyclic amines) is 1. The Bertz CT molecular complexity index is 845. The van der Waals surface area contributed by atoms with Crippen LogP contribution >= 0.6 is 0 Å². The van der Waals surface area contributed by atoms with Crippen LogP contribution in [0.3, 0.4) is 0 Å². The van der Waals surface area contributed by atoms with Crippen LogP contribution in [0, 0.1) is 5.92 Å². The van der Waals surface area contributed by atoms with Crippen LogP contribution in [0.1, 0.15) is 39.3 Å².